The molecule has 4 aliphatic carbocycles. The van der Waals surface area contributed by atoms with Crippen molar-refractivity contribution in [1.29, 1.82) is 0 Å². The standard InChI is InChI=1S/C53H86O20/c1-12-24(2)48(60)70-37-20-33-32(53(61)18-16-31(25(3)55)52(37,53)8)14-13-29-19-30(15-17-51(29,33)7)68-38-21-34(62-9)44(26(4)65-38)71-39-22-35(63-10)45(27(5)66-39)72-50-43(59)47(64-11)46(28(6)67-50)73-49-42(58)41(57)40(56)36(23-54)69-49/h12-13,25-28,30-47,49-50,54-59,61H,14-23H2,1-11H3. The average molecular weight is 1040 g/mol. The van der Waals surface area contributed by atoms with Crippen LogP contribution < -0.4 is 0 Å². The minimum absolute atomic E-state index is 0.0426. The van der Waals surface area contributed by atoms with Crippen molar-refractivity contribution < 1.29 is 97.4 Å². The number of rotatable bonds is 15. The molecule has 4 heterocycles. The van der Waals surface area contributed by atoms with Crippen LogP contribution in [0.3, 0.4) is 0 Å². The highest BCUT2D eigenvalue weighted by atomic mass is 16.8. The summed E-state index contributed by atoms with van der Waals surface area (Å²) < 4.78 is 74.4. The predicted molar refractivity (Wildman–Crippen MR) is 257 cm³/mol. The molecule has 0 aromatic rings. The molecule has 3 saturated carbocycles. The van der Waals surface area contributed by atoms with E-state index in [1.807, 2.05) is 27.7 Å². The Bertz CT molecular complexity index is 1940. The van der Waals surface area contributed by atoms with Crippen molar-refractivity contribution >= 4 is 5.97 Å². The minimum Gasteiger partial charge on any atom is -0.458 e. The third-order valence-electron chi connectivity index (χ3n) is 18.9. The third kappa shape index (κ3) is 10.5. The molecule has 4 aliphatic heterocycles. The van der Waals surface area contributed by atoms with Crippen LogP contribution in [0, 0.1) is 28.6 Å². The van der Waals surface area contributed by atoms with E-state index >= 15 is 0 Å². The van der Waals surface area contributed by atoms with E-state index < -0.39 is 140 Å². The summed E-state index contributed by atoms with van der Waals surface area (Å²) in [6.07, 6.45) is -9.40. The first-order valence-corrected chi connectivity index (χ1v) is 26.7. The summed E-state index contributed by atoms with van der Waals surface area (Å²) in [5.74, 6) is -0.562. The molecule has 73 heavy (non-hydrogen) atoms. The topological polar surface area (TPSA) is 269 Å². The molecule has 27 atom stereocenters. The maximum atomic E-state index is 13.4. The Morgan fingerprint density at radius 1 is 0.753 bits per heavy atom. The van der Waals surface area contributed by atoms with Gasteiger partial charge in [-0.3, -0.25) is 0 Å². The first kappa shape index (κ1) is 57.4. The quantitative estimate of drug-likeness (QED) is 0.0705. The van der Waals surface area contributed by atoms with Crippen molar-refractivity contribution in [1.82, 2.24) is 0 Å². The van der Waals surface area contributed by atoms with Crippen molar-refractivity contribution in [2.24, 2.45) is 28.6 Å². The molecule has 7 fully saturated rings. The lowest BCUT2D eigenvalue weighted by Crippen LogP contribution is -2.67. The lowest BCUT2D eigenvalue weighted by atomic mass is 9.44. The fraction of sp³-hybridized carbons (Fsp3) is 0.906. The Morgan fingerprint density at radius 2 is 1.36 bits per heavy atom. The number of fused-ring (bicyclic) bond motifs is 5. The van der Waals surface area contributed by atoms with Gasteiger partial charge in [-0.15, -0.1) is 0 Å². The van der Waals surface area contributed by atoms with Gasteiger partial charge in [0, 0.05) is 45.2 Å². The van der Waals surface area contributed by atoms with Gasteiger partial charge >= 0.3 is 5.97 Å². The number of aliphatic hydroxyl groups excluding tert-OH is 6. The monoisotopic (exact) mass is 1040 g/mol. The molecule has 20 heteroatoms. The van der Waals surface area contributed by atoms with Crippen molar-refractivity contribution in [3.05, 3.63) is 23.3 Å². The van der Waals surface area contributed by atoms with Gasteiger partial charge in [-0.25, -0.2) is 4.79 Å². The molecule has 20 nitrogen and oxygen atoms in total. The Labute approximate surface area is 429 Å². The van der Waals surface area contributed by atoms with Crippen molar-refractivity contribution in [3.8, 4) is 0 Å². The summed E-state index contributed by atoms with van der Waals surface area (Å²) in [5, 5.41) is 76.2. The highest BCUT2D eigenvalue weighted by Gasteiger charge is 2.71. The van der Waals surface area contributed by atoms with E-state index in [0.29, 0.717) is 44.1 Å². The fourth-order valence-electron chi connectivity index (χ4n) is 14.5. The van der Waals surface area contributed by atoms with Crippen LogP contribution in [-0.4, -0.2) is 204 Å². The zero-order valence-corrected chi connectivity index (χ0v) is 44.5. The second-order valence-corrected chi connectivity index (χ2v) is 22.8. The maximum Gasteiger partial charge on any atom is 0.333 e. The number of esters is 1. The smallest absolute Gasteiger partial charge is 0.333 e. The molecule has 0 spiro atoms. The summed E-state index contributed by atoms with van der Waals surface area (Å²) >= 11 is 0. The highest BCUT2D eigenvalue weighted by Crippen LogP contribution is 2.69. The molecule has 0 bridgehead atoms. The molecular formula is C53H86O20. The van der Waals surface area contributed by atoms with Crippen LogP contribution in [-0.2, 0) is 61.6 Å². The normalized spacial score (nSPS) is 50.8. The van der Waals surface area contributed by atoms with Gasteiger partial charge in [0.15, 0.2) is 25.2 Å². The van der Waals surface area contributed by atoms with Gasteiger partial charge < -0.3 is 92.6 Å². The average Bonchev–Trinajstić information content (AvgIpc) is 3.65. The summed E-state index contributed by atoms with van der Waals surface area (Å²) in [4.78, 5) is 13.4. The Kier molecular flexibility index (Phi) is 18.0. The van der Waals surface area contributed by atoms with Crippen molar-refractivity contribution in [2.45, 2.75) is 248 Å². The zero-order chi connectivity index (χ0) is 53.1. The molecule has 0 aromatic carbocycles. The number of carbonyl (C=O) groups excluding carboxylic acids is 1. The van der Waals surface area contributed by atoms with Crippen molar-refractivity contribution in [3.63, 3.8) is 0 Å². The molecule has 418 valence electrons. The summed E-state index contributed by atoms with van der Waals surface area (Å²) in [5.41, 5.74) is -0.339. The van der Waals surface area contributed by atoms with E-state index in [0.717, 1.165) is 12.8 Å². The van der Waals surface area contributed by atoms with Crippen LogP contribution in [0.4, 0.5) is 0 Å². The second-order valence-electron chi connectivity index (χ2n) is 22.8. The van der Waals surface area contributed by atoms with Gasteiger partial charge in [0.2, 0.25) is 0 Å². The minimum atomic E-state index is -1.67. The Balaban J connectivity index is 0.865. The highest BCUT2D eigenvalue weighted by molar-refractivity contribution is 5.87. The van der Waals surface area contributed by atoms with Crippen LogP contribution in [0.1, 0.15) is 113 Å². The van der Waals surface area contributed by atoms with Gasteiger partial charge in [0.05, 0.1) is 54.9 Å². The first-order chi connectivity index (χ1) is 34.6. The number of allylic oxidation sites excluding steroid dienone is 2. The van der Waals surface area contributed by atoms with Gasteiger partial charge in [-0.1, -0.05) is 31.6 Å². The summed E-state index contributed by atoms with van der Waals surface area (Å²) in [6, 6.07) is 0. The van der Waals surface area contributed by atoms with E-state index in [-0.39, 0.29) is 41.7 Å². The molecule has 7 N–H and O–H groups in total. The largest absolute Gasteiger partial charge is 0.458 e. The summed E-state index contributed by atoms with van der Waals surface area (Å²) in [6.45, 7) is 14.5. The first-order valence-electron chi connectivity index (χ1n) is 26.7. The van der Waals surface area contributed by atoms with Gasteiger partial charge in [0.25, 0.3) is 0 Å². The van der Waals surface area contributed by atoms with E-state index in [1.165, 1.54) is 12.7 Å². The van der Waals surface area contributed by atoms with E-state index in [2.05, 4.69) is 13.0 Å². The van der Waals surface area contributed by atoms with Crippen LogP contribution >= 0.6 is 0 Å². The molecule has 4 saturated heterocycles. The van der Waals surface area contributed by atoms with Crippen LogP contribution in [0.25, 0.3) is 0 Å². The van der Waals surface area contributed by atoms with Crippen LogP contribution in [0.5, 0.6) is 0 Å². The van der Waals surface area contributed by atoms with E-state index in [9.17, 15) is 40.5 Å². The lowest BCUT2D eigenvalue weighted by molar-refractivity contribution is -0.373. The number of carbonyl (C=O) groups is 1. The second kappa shape index (κ2) is 22.9. The van der Waals surface area contributed by atoms with Gasteiger partial charge in [0.1, 0.15) is 61.0 Å². The molecule has 8 aliphatic rings. The van der Waals surface area contributed by atoms with Crippen molar-refractivity contribution in [2.75, 3.05) is 27.9 Å². The third-order valence-corrected chi connectivity index (χ3v) is 18.9. The number of hydrogen-bond acceptors (Lipinski definition) is 20. The maximum absolute atomic E-state index is 13.4. The van der Waals surface area contributed by atoms with Crippen LogP contribution in [0.15, 0.2) is 23.3 Å². The number of aliphatic hydroxyl groups is 7. The summed E-state index contributed by atoms with van der Waals surface area (Å²) in [7, 11) is 4.57. The SMILES string of the molecule is CC=C(C)C(=O)OC1CC2C(CC=C3CC(OC4CC(OC)C(OC5CC(OC)C(OC6OC(C)C(OC7OC(CO)C(O)C(O)C7O)C(OC)C6O)C(C)O5)C(C)O4)CCC32C)C2(O)CCC(C(C)O)C12C. The number of ether oxygens (including phenoxy) is 12. The number of hydrogen-bond donors (Lipinski definition) is 7. The van der Waals surface area contributed by atoms with E-state index in [4.69, 9.17) is 56.8 Å². The molecule has 0 amide bonds. The molecule has 8 rings (SSSR count). The van der Waals surface area contributed by atoms with E-state index in [1.54, 1.807) is 41.1 Å². The molecular weight excluding hydrogens is 957 g/mol. The lowest BCUT2D eigenvalue weighted by Gasteiger charge is -2.63. The molecule has 0 aromatic heterocycles. The Hall–Kier alpha value is -1.77. The Morgan fingerprint density at radius 3 is 1.96 bits per heavy atom. The van der Waals surface area contributed by atoms with Gasteiger partial charge in [-0.2, -0.15) is 0 Å². The molecule has 27 unspecified atom stereocenters. The fourth-order valence-corrected chi connectivity index (χ4v) is 14.5. The zero-order valence-electron chi connectivity index (χ0n) is 44.5. The van der Waals surface area contributed by atoms with Gasteiger partial charge in [-0.05, 0) is 110 Å². The number of methoxy groups -OCH3 is 3. The molecule has 0 radical (unpaired) electrons. The van der Waals surface area contributed by atoms with Crippen LogP contribution in [0.2, 0.25) is 0 Å². The predicted octanol–water partition coefficient (Wildman–Crippen LogP) is 2.31.